The van der Waals surface area contributed by atoms with Crippen molar-refractivity contribution >= 4 is 5.91 Å². The predicted molar refractivity (Wildman–Crippen MR) is 50.9 cm³/mol. The van der Waals surface area contributed by atoms with E-state index in [4.69, 9.17) is 5.73 Å². The van der Waals surface area contributed by atoms with Crippen molar-refractivity contribution in [1.29, 1.82) is 0 Å². The van der Waals surface area contributed by atoms with Crippen LogP contribution in [0.25, 0.3) is 0 Å². The first kappa shape index (κ1) is 10.5. The SMILES string of the molecule is CC1(C)CCC(C(O)C(N)=O)CC1. The van der Waals surface area contributed by atoms with E-state index in [1.807, 2.05) is 0 Å². The number of hydrogen-bond acceptors (Lipinski definition) is 2. The first-order valence-electron chi connectivity index (χ1n) is 4.90. The summed E-state index contributed by atoms with van der Waals surface area (Å²) in [6.07, 6.45) is 3.04. The van der Waals surface area contributed by atoms with Crippen molar-refractivity contribution < 1.29 is 9.90 Å². The molecule has 0 bridgehead atoms. The molecule has 3 heteroatoms. The number of carbonyl (C=O) groups excluding carboxylic acids is 1. The van der Waals surface area contributed by atoms with E-state index < -0.39 is 12.0 Å². The number of rotatable bonds is 2. The Morgan fingerprint density at radius 2 is 1.92 bits per heavy atom. The molecule has 76 valence electrons. The third-order valence-corrected chi connectivity index (χ3v) is 3.12. The normalized spacial score (nSPS) is 25.5. The fraction of sp³-hybridized carbons (Fsp3) is 0.900. The Bertz CT molecular complexity index is 191. The fourth-order valence-electron chi connectivity index (χ4n) is 1.97. The molecule has 1 aliphatic carbocycles. The molecule has 1 saturated carbocycles. The first-order valence-corrected chi connectivity index (χ1v) is 4.90. The molecule has 1 atom stereocenters. The highest BCUT2D eigenvalue weighted by Crippen LogP contribution is 2.39. The fourth-order valence-corrected chi connectivity index (χ4v) is 1.97. The second-order valence-corrected chi connectivity index (χ2v) is 4.85. The number of hydrogen-bond donors (Lipinski definition) is 2. The van der Waals surface area contributed by atoms with Gasteiger partial charge in [-0.3, -0.25) is 4.79 Å². The molecular weight excluding hydrogens is 166 g/mol. The van der Waals surface area contributed by atoms with Crippen LogP contribution in [0.2, 0.25) is 0 Å². The Balaban J connectivity index is 2.45. The maximum absolute atomic E-state index is 10.7. The molecule has 1 unspecified atom stereocenters. The van der Waals surface area contributed by atoms with E-state index >= 15 is 0 Å². The highest BCUT2D eigenvalue weighted by molar-refractivity contribution is 5.78. The van der Waals surface area contributed by atoms with Crippen LogP contribution in [-0.4, -0.2) is 17.1 Å². The summed E-state index contributed by atoms with van der Waals surface area (Å²) in [6, 6.07) is 0. The van der Waals surface area contributed by atoms with Gasteiger partial charge in [-0.05, 0) is 37.0 Å². The molecule has 0 aromatic rings. The summed E-state index contributed by atoms with van der Waals surface area (Å²) >= 11 is 0. The third kappa shape index (κ3) is 2.69. The van der Waals surface area contributed by atoms with Crippen LogP contribution < -0.4 is 5.73 Å². The average molecular weight is 185 g/mol. The molecule has 13 heavy (non-hydrogen) atoms. The largest absolute Gasteiger partial charge is 0.383 e. The van der Waals surface area contributed by atoms with Gasteiger partial charge < -0.3 is 10.8 Å². The standard InChI is InChI=1S/C10H19NO2/c1-10(2)5-3-7(4-6-10)8(12)9(11)13/h7-8,12H,3-6H2,1-2H3,(H2,11,13). The average Bonchev–Trinajstić information content (AvgIpc) is 2.03. The van der Waals surface area contributed by atoms with Crippen LogP contribution in [0.4, 0.5) is 0 Å². The van der Waals surface area contributed by atoms with Gasteiger partial charge in [0.05, 0.1) is 0 Å². The van der Waals surface area contributed by atoms with Crippen molar-refractivity contribution in [3.63, 3.8) is 0 Å². The molecule has 3 N–H and O–H groups in total. The topological polar surface area (TPSA) is 63.3 Å². The number of carbonyl (C=O) groups is 1. The molecule has 1 rings (SSSR count). The molecule has 1 fully saturated rings. The molecular formula is C10H19NO2. The van der Waals surface area contributed by atoms with Gasteiger partial charge in [0.1, 0.15) is 6.10 Å². The Morgan fingerprint density at radius 1 is 1.46 bits per heavy atom. The maximum atomic E-state index is 10.7. The number of amides is 1. The van der Waals surface area contributed by atoms with Gasteiger partial charge in [0.15, 0.2) is 0 Å². The molecule has 0 heterocycles. The summed E-state index contributed by atoms with van der Waals surface area (Å²) in [6.45, 7) is 4.44. The molecule has 3 nitrogen and oxygen atoms in total. The van der Waals surface area contributed by atoms with Gasteiger partial charge >= 0.3 is 0 Å². The van der Waals surface area contributed by atoms with E-state index in [0.29, 0.717) is 5.41 Å². The number of nitrogens with two attached hydrogens (primary N) is 1. The molecule has 0 aromatic heterocycles. The summed E-state index contributed by atoms with van der Waals surface area (Å²) in [4.78, 5) is 10.7. The molecule has 1 amide bonds. The minimum atomic E-state index is -0.934. The second-order valence-electron chi connectivity index (χ2n) is 4.85. The minimum absolute atomic E-state index is 0.0884. The van der Waals surface area contributed by atoms with E-state index in [1.165, 1.54) is 0 Å². The van der Waals surface area contributed by atoms with Gasteiger partial charge in [-0.15, -0.1) is 0 Å². The lowest BCUT2D eigenvalue weighted by Crippen LogP contribution is -2.38. The summed E-state index contributed by atoms with van der Waals surface area (Å²) < 4.78 is 0. The van der Waals surface area contributed by atoms with Crippen molar-refractivity contribution in [3.8, 4) is 0 Å². The molecule has 0 aliphatic heterocycles. The number of aliphatic hydroxyl groups excluding tert-OH is 1. The zero-order valence-electron chi connectivity index (χ0n) is 8.42. The van der Waals surface area contributed by atoms with Crippen molar-refractivity contribution in [2.75, 3.05) is 0 Å². The van der Waals surface area contributed by atoms with Gasteiger partial charge in [0.2, 0.25) is 5.91 Å². The van der Waals surface area contributed by atoms with Crippen LogP contribution in [-0.2, 0) is 4.79 Å². The lowest BCUT2D eigenvalue weighted by molar-refractivity contribution is -0.129. The monoisotopic (exact) mass is 185 g/mol. The summed E-state index contributed by atoms with van der Waals surface area (Å²) in [5.74, 6) is -0.491. The number of aliphatic hydroxyl groups is 1. The van der Waals surface area contributed by atoms with Gasteiger partial charge in [0.25, 0.3) is 0 Å². The Labute approximate surface area is 79.3 Å². The quantitative estimate of drug-likeness (QED) is 0.675. The molecule has 0 aromatic carbocycles. The van der Waals surface area contributed by atoms with Crippen molar-refractivity contribution in [2.24, 2.45) is 17.1 Å². The van der Waals surface area contributed by atoms with Crippen LogP contribution >= 0.6 is 0 Å². The highest BCUT2D eigenvalue weighted by atomic mass is 16.3. The van der Waals surface area contributed by atoms with Gasteiger partial charge in [-0.2, -0.15) is 0 Å². The lowest BCUT2D eigenvalue weighted by atomic mass is 9.71. The zero-order valence-corrected chi connectivity index (χ0v) is 8.42. The molecule has 0 spiro atoms. The highest BCUT2D eigenvalue weighted by Gasteiger charge is 2.32. The Kier molecular flexibility index (Phi) is 2.96. The van der Waals surface area contributed by atoms with Crippen molar-refractivity contribution in [1.82, 2.24) is 0 Å². The van der Waals surface area contributed by atoms with Crippen molar-refractivity contribution in [2.45, 2.75) is 45.6 Å². The van der Waals surface area contributed by atoms with E-state index in [0.717, 1.165) is 25.7 Å². The summed E-state index contributed by atoms with van der Waals surface area (Å²) in [5.41, 5.74) is 5.41. The van der Waals surface area contributed by atoms with E-state index in [9.17, 15) is 9.90 Å². The first-order chi connectivity index (χ1) is 5.92. The van der Waals surface area contributed by atoms with Crippen LogP contribution in [0, 0.1) is 11.3 Å². The minimum Gasteiger partial charge on any atom is -0.383 e. The Hall–Kier alpha value is -0.570. The maximum Gasteiger partial charge on any atom is 0.246 e. The number of primary amides is 1. The van der Waals surface area contributed by atoms with Crippen LogP contribution in [0.15, 0.2) is 0 Å². The van der Waals surface area contributed by atoms with Gasteiger partial charge in [-0.1, -0.05) is 13.8 Å². The van der Waals surface area contributed by atoms with Gasteiger partial charge in [-0.25, -0.2) is 0 Å². The van der Waals surface area contributed by atoms with Gasteiger partial charge in [0, 0.05) is 0 Å². The predicted octanol–water partition coefficient (Wildman–Crippen LogP) is 1.05. The van der Waals surface area contributed by atoms with Crippen LogP contribution in [0.1, 0.15) is 39.5 Å². The smallest absolute Gasteiger partial charge is 0.246 e. The van der Waals surface area contributed by atoms with Crippen molar-refractivity contribution in [3.05, 3.63) is 0 Å². The second kappa shape index (κ2) is 3.66. The summed E-state index contributed by atoms with van der Waals surface area (Å²) in [7, 11) is 0. The molecule has 0 radical (unpaired) electrons. The third-order valence-electron chi connectivity index (χ3n) is 3.12. The van der Waals surface area contributed by atoms with E-state index in [-0.39, 0.29) is 5.92 Å². The van der Waals surface area contributed by atoms with E-state index in [2.05, 4.69) is 13.8 Å². The Morgan fingerprint density at radius 3 is 2.31 bits per heavy atom. The molecule has 0 saturated heterocycles. The van der Waals surface area contributed by atoms with Crippen LogP contribution in [0.3, 0.4) is 0 Å². The lowest BCUT2D eigenvalue weighted by Gasteiger charge is -2.35. The zero-order chi connectivity index (χ0) is 10.1. The van der Waals surface area contributed by atoms with Crippen LogP contribution in [0.5, 0.6) is 0 Å². The van der Waals surface area contributed by atoms with E-state index in [1.54, 1.807) is 0 Å². The molecule has 1 aliphatic rings. The summed E-state index contributed by atoms with van der Waals surface area (Å²) in [5, 5.41) is 9.45.